The molecule has 0 saturated heterocycles. The third-order valence-electron chi connectivity index (χ3n) is 4.10. The maximum absolute atomic E-state index is 4.47. The van der Waals surface area contributed by atoms with Crippen molar-refractivity contribution in [2.75, 3.05) is 11.9 Å². The molecule has 0 radical (unpaired) electrons. The molecule has 0 unspecified atom stereocenters. The van der Waals surface area contributed by atoms with Crippen LogP contribution in [0.2, 0.25) is 0 Å². The second kappa shape index (κ2) is 5.86. The molecule has 1 aliphatic rings. The van der Waals surface area contributed by atoms with E-state index in [4.69, 9.17) is 0 Å². The van der Waals surface area contributed by atoms with Crippen LogP contribution in [0.25, 0.3) is 0 Å². The smallest absolute Gasteiger partial charge is 0.0487 e. The monoisotopic (exact) mass is 281 g/mol. The van der Waals surface area contributed by atoms with Gasteiger partial charge in [0.15, 0.2) is 0 Å². The number of nitrogens with zero attached hydrogens (tertiary/aromatic N) is 2. The summed E-state index contributed by atoms with van der Waals surface area (Å²) >= 11 is 0. The molecule has 0 atom stereocenters. The summed E-state index contributed by atoms with van der Waals surface area (Å²) < 4.78 is 0. The highest BCUT2D eigenvalue weighted by Crippen LogP contribution is 2.30. The van der Waals surface area contributed by atoms with E-state index in [1.807, 2.05) is 13.1 Å². The Morgan fingerprint density at radius 1 is 1.19 bits per heavy atom. The van der Waals surface area contributed by atoms with Crippen LogP contribution < -0.4 is 10.2 Å². The van der Waals surface area contributed by atoms with Gasteiger partial charge >= 0.3 is 0 Å². The van der Waals surface area contributed by atoms with Crippen LogP contribution in [0, 0.1) is 13.8 Å². The molecule has 3 rings (SSSR count). The fourth-order valence-corrected chi connectivity index (χ4v) is 2.63. The van der Waals surface area contributed by atoms with Gasteiger partial charge in [0, 0.05) is 48.5 Å². The van der Waals surface area contributed by atoms with Crippen molar-refractivity contribution in [1.82, 2.24) is 10.3 Å². The highest BCUT2D eigenvalue weighted by molar-refractivity contribution is 5.68. The molecule has 1 saturated carbocycles. The number of hydrogen-bond acceptors (Lipinski definition) is 3. The third kappa shape index (κ3) is 3.24. The minimum Gasteiger partial charge on any atom is -0.344 e. The first-order valence-electron chi connectivity index (χ1n) is 7.63. The van der Waals surface area contributed by atoms with E-state index in [2.05, 4.69) is 59.5 Å². The molecule has 1 fully saturated rings. The molecule has 0 amide bonds. The standard InChI is InChI=1S/C18H23N3/c1-13-6-4-5-7-17(13)21(3)18-10-14(2)19-11-15(18)12-20-16-8-9-16/h4-7,10-11,16,20H,8-9,12H2,1-3H3. The summed E-state index contributed by atoms with van der Waals surface area (Å²) in [7, 11) is 2.14. The fourth-order valence-electron chi connectivity index (χ4n) is 2.63. The minimum absolute atomic E-state index is 0.711. The molecule has 0 bridgehead atoms. The second-order valence-electron chi connectivity index (χ2n) is 5.96. The zero-order valence-electron chi connectivity index (χ0n) is 13.1. The van der Waals surface area contributed by atoms with Crippen LogP contribution in [0.1, 0.15) is 29.7 Å². The topological polar surface area (TPSA) is 28.2 Å². The Labute approximate surface area is 127 Å². The van der Waals surface area contributed by atoms with Crippen LogP contribution in [0.3, 0.4) is 0 Å². The Morgan fingerprint density at radius 2 is 1.95 bits per heavy atom. The van der Waals surface area contributed by atoms with Gasteiger partial charge in [0.2, 0.25) is 0 Å². The average molecular weight is 281 g/mol. The van der Waals surface area contributed by atoms with E-state index in [-0.39, 0.29) is 0 Å². The van der Waals surface area contributed by atoms with E-state index in [1.165, 1.54) is 35.3 Å². The second-order valence-corrected chi connectivity index (χ2v) is 5.96. The molecule has 1 heterocycles. The maximum Gasteiger partial charge on any atom is 0.0487 e. The highest BCUT2D eigenvalue weighted by Gasteiger charge is 2.21. The van der Waals surface area contributed by atoms with Crippen molar-refractivity contribution >= 4 is 11.4 Å². The summed E-state index contributed by atoms with van der Waals surface area (Å²) in [5.41, 5.74) is 6.09. The van der Waals surface area contributed by atoms with Crippen molar-refractivity contribution in [2.45, 2.75) is 39.3 Å². The molecule has 1 N–H and O–H groups in total. The lowest BCUT2D eigenvalue weighted by atomic mass is 10.1. The number of para-hydroxylation sites is 1. The van der Waals surface area contributed by atoms with Gasteiger partial charge in [-0.2, -0.15) is 0 Å². The van der Waals surface area contributed by atoms with E-state index >= 15 is 0 Å². The van der Waals surface area contributed by atoms with E-state index in [9.17, 15) is 0 Å². The molecule has 1 aliphatic carbocycles. The molecule has 1 aromatic carbocycles. The number of anilines is 2. The van der Waals surface area contributed by atoms with Crippen molar-refractivity contribution in [3.63, 3.8) is 0 Å². The van der Waals surface area contributed by atoms with Crippen molar-refractivity contribution in [3.05, 3.63) is 53.3 Å². The van der Waals surface area contributed by atoms with Gasteiger partial charge in [-0.1, -0.05) is 18.2 Å². The van der Waals surface area contributed by atoms with Crippen LogP contribution in [-0.4, -0.2) is 18.1 Å². The Balaban J connectivity index is 1.91. The van der Waals surface area contributed by atoms with Crippen molar-refractivity contribution < 1.29 is 0 Å². The van der Waals surface area contributed by atoms with Gasteiger partial charge < -0.3 is 10.2 Å². The number of hydrogen-bond donors (Lipinski definition) is 1. The Kier molecular flexibility index (Phi) is 3.93. The Hall–Kier alpha value is -1.87. The molecular weight excluding hydrogens is 258 g/mol. The number of aryl methyl sites for hydroxylation is 2. The van der Waals surface area contributed by atoms with Gasteiger partial charge in [-0.25, -0.2) is 0 Å². The summed E-state index contributed by atoms with van der Waals surface area (Å²) in [5, 5.41) is 3.59. The molecular formula is C18H23N3. The van der Waals surface area contributed by atoms with Gasteiger partial charge in [-0.05, 0) is 44.4 Å². The van der Waals surface area contributed by atoms with Crippen LogP contribution in [-0.2, 0) is 6.54 Å². The molecule has 110 valence electrons. The lowest BCUT2D eigenvalue weighted by Crippen LogP contribution is -2.19. The van der Waals surface area contributed by atoms with E-state index in [0.717, 1.165) is 12.2 Å². The molecule has 3 nitrogen and oxygen atoms in total. The van der Waals surface area contributed by atoms with Crippen molar-refractivity contribution in [1.29, 1.82) is 0 Å². The largest absolute Gasteiger partial charge is 0.344 e. The molecule has 3 heteroatoms. The van der Waals surface area contributed by atoms with Gasteiger partial charge in [0.1, 0.15) is 0 Å². The van der Waals surface area contributed by atoms with Crippen LogP contribution in [0.15, 0.2) is 36.5 Å². The molecule has 1 aromatic heterocycles. The van der Waals surface area contributed by atoms with Crippen molar-refractivity contribution in [3.8, 4) is 0 Å². The zero-order valence-corrected chi connectivity index (χ0v) is 13.1. The summed E-state index contributed by atoms with van der Waals surface area (Å²) in [4.78, 5) is 6.74. The van der Waals surface area contributed by atoms with Gasteiger partial charge in [-0.15, -0.1) is 0 Å². The van der Waals surface area contributed by atoms with Crippen LogP contribution in [0.5, 0.6) is 0 Å². The SMILES string of the molecule is Cc1cc(N(C)c2ccccc2C)c(CNC2CC2)cn1. The first kappa shape index (κ1) is 14.1. The molecule has 0 aliphatic heterocycles. The predicted molar refractivity (Wildman–Crippen MR) is 88.1 cm³/mol. The predicted octanol–water partition coefficient (Wildman–Crippen LogP) is 3.72. The zero-order chi connectivity index (χ0) is 14.8. The van der Waals surface area contributed by atoms with E-state index in [0.29, 0.717) is 6.04 Å². The van der Waals surface area contributed by atoms with Crippen LogP contribution >= 0.6 is 0 Å². The van der Waals surface area contributed by atoms with Gasteiger partial charge in [0.25, 0.3) is 0 Å². The Morgan fingerprint density at radius 3 is 2.67 bits per heavy atom. The lowest BCUT2D eigenvalue weighted by molar-refractivity contribution is 0.685. The third-order valence-corrected chi connectivity index (χ3v) is 4.10. The first-order chi connectivity index (χ1) is 10.1. The van der Waals surface area contributed by atoms with E-state index < -0.39 is 0 Å². The van der Waals surface area contributed by atoms with Crippen LogP contribution in [0.4, 0.5) is 11.4 Å². The van der Waals surface area contributed by atoms with Gasteiger partial charge in [0.05, 0.1) is 0 Å². The molecule has 2 aromatic rings. The normalized spacial score (nSPS) is 14.2. The average Bonchev–Trinajstić information content (AvgIpc) is 3.30. The summed E-state index contributed by atoms with van der Waals surface area (Å²) in [6, 6.07) is 11.4. The number of benzene rings is 1. The summed E-state index contributed by atoms with van der Waals surface area (Å²) in [6.07, 6.45) is 4.62. The van der Waals surface area contributed by atoms with Crippen molar-refractivity contribution in [2.24, 2.45) is 0 Å². The Bertz CT molecular complexity index is 632. The number of nitrogens with one attached hydrogen (secondary N) is 1. The first-order valence-corrected chi connectivity index (χ1v) is 7.63. The number of aromatic nitrogens is 1. The molecule has 0 spiro atoms. The maximum atomic E-state index is 4.47. The summed E-state index contributed by atoms with van der Waals surface area (Å²) in [5.74, 6) is 0. The fraction of sp³-hybridized carbons (Fsp3) is 0.389. The van der Waals surface area contributed by atoms with E-state index in [1.54, 1.807) is 0 Å². The quantitative estimate of drug-likeness (QED) is 0.905. The molecule has 21 heavy (non-hydrogen) atoms. The number of pyridine rings is 1. The number of rotatable bonds is 5. The van der Waals surface area contributed by atoms with Gasteiger partial charge in [-0.3, -0.25) is 4.98 Å². The lowest BCUT2D eigenvalue weighted by Gasteiger charge is -2.24. The highest BCUT2D eigenvalue weighted by atomic mass is 15.1. The minimum atomic E-state index is 0.711. The summed E-state index contributed by atoms with van der Waals surface area (Å²) in [6.45, 7) is 5.10.